The summed E-state index contributed by atoms with van der Waals surface area (Å²) in [4.78, 5) is 11.5. The van der Waals surface area contributed by atoms with Crippen molar-refractivity contribution in [1.29, 1.82) is 0 Å². The Labute approximate surface area is 104 Å². The summed E-state index contributed by atoms with van der Waals surface area (Å²) in [7, 11) is 0. The fourth-order valence-electron chi connectivity index (χ4n) is 1.60. The lowest BCUT2D eigenvalue weighted by Crippen LogP contribution is -2.37. The van der Waals surface area contributed by atoms with Crippen LogP contribution in [-0.4, -0.2) is 12.6 Å². The summed E-state index contributed by atoms with van der Waals surface area (Å²) in [6, 6.07) is 6.21. The van der Waals surface area contributed by atoms with E-state index < -0.39 is 0 Å². The lowest BCUT2D eigenvalue weighted by molar-refractivity contribution is 0.238. The van der Waals surface area contributed by atoms with Crippen LogP contribution in [0.4, 0.5) is 4.79 Å². The van der Waals surface area contributed by atoms with Crippen LogP contribution in [0.15, 0.2) is 18.2 Å². The highest BCUT2D eigenvalue weighted by Crippen LogP contribution is 2.16. The van der Waals surface area contributed by atoms with Crippen molar-refractivity contribution in [2.75, 3.05) is 6.54 Å². The number of aryl methyl sites for hydroxylation is 2. The van der Waals surface area contributed by atoms with Gasteiger partial charge in [-0.05, 0) is 43.9 Å². The summed E-state index contributed by atoms with van der Waals surface area (Å²) in [5.74, 6) is 0. The van der Waals surface area contributed by atoms with E-state index in [4.69, 9.17) is 0 Å². The highest BCUT2D eigenvalue weighted by molar-refractivity contribution is 5.74. The van der Waals surface area contributed by atoms with E-state index in [1.807, 2.05) is 13.8 Å². The SMILES string of the molecule is CCCNC(=O)N[C@@H](C)c1ccc(C)c(C)c1. The Balaban J connectivity index is 2.60. The normalized spacial score (nSPS) is 12.0. The van der Waals surface area contributed by atoms with E-state index in [2.05, 4.69) is 42.7 Å². The molecule has 1 atom stereocenters. The van der Waals surface area contributed by atoms with Crippen LogP contribution in [0.1, 0.15) is 43.0 Å². The molecule has 0 saturated heterocycles. The van der Waals surface area contributed by atoms with Gasteiger partial charge in [0.05, 0.1) is 6.04 Å². The van der Waals surface area contributed by atoms with Crippen LogP contribution in [0.5, 0.6) is 0 Å². The molecule has 0 fully saturated rings. The zero-order valence-electron chi connectivity index (χ0n) is 11.1. The van der Waals surface area contributed by atoms with Crippen LogP contribution >= 0.6 is 0 Å². The summed E-state index contributed by atoms with van der Waals surface area (Å²) < 4.78 is 0. The number of benzene rings is 1. The predicted molar refractivity (Wildman–Crippen MR) is 71.2 cm³/mol. The molecule has 0 aliphatic rings. The Bertz CT molecular complexity index is 388. The zero-order valence-corrected chi connectivity index (χ0v) is 11.1. The maximum Gasteiger partial charge on any atom is 0.315 e. The molecule has 0 aliphatic heterocycles. The van der Waals surface area contributed by atoms with Gasteiger partial charge in [-0.15, -0.1) is 0 Å². The molecule has 0 saturated carbocycles. The van der Waals surface area contributed by atoms with Crippen molar-refractivity contribution in [1.82, 2.24) is 10.6 Å². The maximum atomic E-state index is 11.5. The Hall–Kier alpha value is -1.51. The molecule has 0 bridgehead atoms. The van der Waals surface area contributed by atoms with E-state index in [-0.39, 0.29) is 12.1 Å². The van der Waals surface area contributed by atoms with Gasteiger partial charge in [-0.25, -0.2) is 4.79 Å². The van der Waals surface area contributed by atoms with Gasteiger partial charge in [0.25, 0.3) is 0 Å². The maximum absolute atomic E-state index is 11.5. The van der Waals surface area contributed by atoms with Gasteiger partial charge in [-0.1, -0.05) is 25.1 Å². The average molecular weight is 234 g/mol. The summed E-state index contributed by atoms with van der Waals surface area (Å²) in [5.41, 5.74) is 3.67. The molecule has 0 spiro atoms. The first kappa shape index (κ1) is 13.6. The van der Waals surface area contributed by atoms with Gasteiger partial charge in [0.2, 0.25) is 0 Å². The number of hydrogen-bond donors (Lipinski definition) is 2. The second-order valence-electron chi connectivity index (χ2n) is 4.47. The van der Waals surface area contributed by atoms with Crippen molar-refractivity contribution in [2.24, 2.45) is 0 Å². The number of rotatable bonds is 4. The molecule has 2 N–H and O–H groups in total. The topological polar surface area (TPSA) is 41.1 Å². The van der Waals surface area contributed by atoms with Crippen LogP contribution in [0, 0.1) is 13.8 Å². The Morgan fingerprint density at radius 3 is 2.59 bits per heavy atom. The van der Waals surface area contributed by atoms with E-state index in [9.17, 15) is 4.79 Å². The Morgan fingerprint density at radius 2 is 2.00 bits per heavy atom. The van der Waals surface area contributed by atoms with E-state index in [1.54, 1.807) is 0 Å². The van der Waals surface area contributed by atoms with Gasteiger partial charge in [0.15, 0.2) is 0 Å². The number of hydrogen-bond acceptors (Lipinski definition) is 1. The van der Waals surface area contributed by atoms with Crippen LogP contribution in [0.25, 0.3) is 0 Å². The van der Waals surface area contributed by atoms with Crippen LogP contribution in [0.3, 0.4) is 0 Å². The minimum atomic E-state index is -0.0995. The van der Waals surface area contributed by atoms with Crippen molar-refractivity contribution in [3.63, 3.8) is 0 Å². The summed E-state index contributed by atoms with van der Waals surface area (Å²) in [5, 5.41) is 5.74. The van der Waals surface area contributed by atoms with Gasteiger partial charge < -0.3 is 10.6 Å². The van der Waals surface area contributed by atoms with Crippen LogP contribution in [-0.2, 0) is 0 Å². The molecule has 0 aliphatic carbocycles. The predicted octanol–water partition coefficient (Wildman–Crippen LogP) is 3.07. The number of carbonyl (C=O) groups excluding carboxylic acids is 1. The molecule has 3 nitrogen and oxygen atoms in total. The molecule has 0 radical (unpaired) electrons. The van der Waals surface area contributed by atoms with E-state index in [0.717, 1.165) is 12.0 Å². The minimum absolute atomic E-state index is 0.0335. The van der Waals surface area contributed by atoms with Crippen molar-refractivity contribution < 1.29 is 4.79 Å². The number of amides is 2. The molecular formula is C14H22N2O. The van der Waals surface area contributed by atoms with Crippen LogP contribution in [0.2, 0.25) is 0 Å². The fourth-order valence-corrected chi connectivity index (χ4v) is 1.60. The highest BCUT2D eigenvalue weighted by atomic mass is 16.2. The molecule has 0 heterocycles. The van der Waals surface area contributed by atoms with Crippen molar-refractivity contribution >= 4 is 6.03 Å². The number of urea groups is 1. The quantitative estimate of drug-likeness (QED) is 0.826. The molecule has 0 unspecified atom stereocenters. The largest absolute Gasteiger partial charge is 0.338 e. The first-order valence-corrected chi connectivity index (χ1v) is 6.16. The van der Waals surface area contributed by atoms with Gasteiger partial charge in [0, 0.05) is 6.54 Å². The second-order valence-corrected chi connectivity index (χ2v) is 4.47. The third kappa shape index (κ3) is 4.10. The molecule has 3 heteroatoms. The first-order valence-electron chi connectivity index (χ1n) is 6.16. The molecule has 1 aromatic rings. The van der Waals surface area contributed by atoms with Gasteiger partial charge in [-0.3, -0.25) is 0 Å². The summed E-state index contributed by atoms with van der Waals surface area (Å²) in [6.45, 7) is 8.92. The first-order chi connectivity index (χ1) is 8.04. The second kappa shape index (κ2) is 6.28. The van der Waals surface area contributed by atoms with Crippen molar-refractivity contribution in [3.05, 3.63) is 34.9 Å². The molecule has 1 aromatic carbocycles. The molecule has 94 valence electrons. The highest BCUT2D eigenvalue weighted by Gasteiger charge is 2.09. The molecule has 17 heavy (non-hydrogen) atoms. The van der Waals surface area contributed by atoms with Gasteiger partial charge >= 0.3 is 6.03 Å². The van der Waals surface area contributed by atoms with E-state index in [0.29, 0.717) is 6.54 Å². The van der Waals surface area contributed by atoms with E-state index in [1.165, 1.54) is 11.1 Å². The van der Waals surface area contributed by atoms with Crippen molar-refractivity contribution in [2.45, 2.75) is 40.2 Å². The summed E-state index contributed by atoms with van der Waals surface area (Å²) >= 11 is 0. The third-order valence-electron chi connectivity index (χ3n) is 2.91. The molecule has 0 aromatic heterocycles. The van der Waals surface area contributed by atoms with Gasteiger partial charge in [0.1, 0.15) is 0 Å². The zero-order chi connectivity index (χ0) is 12.8. The molecule has 2 amide bonds. The van der Waals surface area contributed by atoms with Crippen LogP contribution < -0.4 is 10.6 Å². The smallest absolute Gasteiger partial charge is 0.315 e. The van der Waals surface area contributed by atoms with Crippen molar-refractivity contribution in [3.8, 4) is 0 Å². The average Bonchev–Trinajstić information content (AvgIpc) is 2.30. The standard InChI is InChI=1S/C14H22N2O/c1-5-8-15-14(17)16-12(4)13-7-6-10(2)11(3)9-13/h6-7,9,12H,5,8H2,1-4H3,(H2,15,16,17)/t12-/m0/s1. The summed E-state index contributed by atoms with van der Waals surface area (Å²) in [6.07, 6.45) is 0.950. The molecule has 1 rings (SSSR count). The Kier molecular flexibility index (Phi) is 5.01. The number of nitrogens with one attached hydrogen (secondary N) is 2. The lowest BCUT2D eigenvalue weighted by Gasteiger charge is -2.16. The van der Waals surface area contributed by atoms with E-state index >= 15 is 0 Å². The third-order valence-corrected chi connectivity index (χ3v) is 2.91. The fraction of sp³-hybridized carbons (Fsp3) is 0.500. The minimum Gasteiger partial charge on any atom is -0.338 e. The number of carbonyl (C=O) groups is 1. The lowest BCUT2D eigenvalue weighted by atomic mass is 10.0. The molecular weight excluding hydrogens is 212 g/mol. The van der Waals surface area contributed by atoms with Gasteiger partial charge in [-0.2, -0.15) is 0 Å². The Morgan fingerprint density at radius 1 is 1.29 bits per heavy atom. The monoisotopic (exact) mass is 234 g/mol.